The molecule has 1 aliphatic carbocycles. The number of hydrogen-bond donors (Lipinski definition) is 1. The Balaban J connectivity index is 2.38. The first kappa shape index (κ1) is 25.5. The van der Waals surface area contributed by atoms with Gasteiger partial charge in [0, 0.05) is 25.6 Å². The number of urea groups is 1. The second-order valence-corrected chi connectivity index (χ2v) is 8.48. The summed E-state index contributed by atoms with van der Waals surface area (Å²) < 4.78 is 14.6. The molecule has 29 heavy (non-hydrogen) atoms. The molecule has 0 aromatic carbocycles. The maximum atomic E-state index is 14.6. The molecule has 0 aliphatic heterocycles. The first-order valence-electron chi connectivity index (χ1n) is 10.5. The number of alkyl halides is 1. The van der Waals surface area contributed by atoms with Crippen molar-refractivity contribution < 1.29 is 14.0 Å². The van der Waals surface area contributed by atoms with Crippen molar-refractivity contribution >= 4 is 40.7 Å². The first-order chi connectivity index (χ1) is 13.9. The van der Waals surface area contributed by atoms with Crippen molar-refractivity contribution in [1.29, 1.82) is 0 Å². The number of aliphatic imine (C=N–C) groups is 3. The minimum Gasteiger partial charge on any atom is -0.333 e. The van der Waals surface area contributed by atoms with Crippen LogP contribution < -0.4 is 5.32 Å². The number of carbonyl (C=O) groups is 2. The zero-order valence-corrected chi connectivity index (χ0v) is 18.9. The molecule has 0 radical (unpaired) electrons. The van der Waals surface area contributed by atoms with Crippen LogP contribution in [0.5, 0.6) is 0 Å². The Morgan fingerprint density at radius 2 is 1.93 bits per heavy atom. The van der Waals surface area contributed by atoms with E-state index in [9.17, 15) is 14.0 Å². The van der Waals surface area contributed by atoms with Crippen LogP contribution in [0.1, 0.15) is 65.7 Å². The molecule has 6 nitrogen and oxygen atoms in total. The average molecular weight is 427 g/mol. The van der Waals surface area contributed by atoms with E-state index in [-0.39, 0.29) is 18.2 Å². The van der Waals surface area contributed by atoms with Crippen LogP contribution in [0.25, 0.3) is 0 Å². The second kappa shape index (κ2) is 14.4. The maximum absolute atomic E-state index is 14.6. The summed E-state index contributed by atoms with van der Waals surface area (Å²) in [6.07, 6.45) is 6.56. The van der Waals surface area contributed by atoms with Crippen LogP contribution in [0.4, 0.5) is 9.18 Å². The summed E-state index contributed by atoms with van der Waals surface area (Å²) in [7, 11) is 1.76. The second-order valence-electron chi connectivity index (χ2n) is 7.31. The van der Waals surface area contributed by atoms with Gasteiger partial charge in [0.05, 0.1) is 17.3 Å². The van der Waals surface area contributed by atoms with Crippen molar-refractivity contribution in [3.05, 3.63) is 0 Å². The van der Waals surface area contributed by atoms with Crippen molar-refractivity contribution in [1.82, 2.24) is 5.32 Å². The normalized spacial score (nSPS) is 22.0. The van der Waals surface area contributed by atoms with E-state index in [1.165, 1.54) is 11.8 Å². The summed E-state index contributed by atoms with van der Waals surface area (Å²) >= 11 is 1.23. The Labute approximate surface area is 178 Å². The summed E-state index contributed by atoms with van der Waals surface area (Å²) in [6, 6.07) is -0.555. The van der Waals surface area contributed by atoms with Gasteiger partial charge in [-0.15, -0.1) is 11.8 Å². The van der Waals surface area contributed by atoms with Crippen LogP contribution in [-0.2, 0) is 4.79 Å². The lowest BCUT2D eigenvalue weighted by Gasteiger charge is -2.30. The predicted molar refractivity (Wildman–Crippen MR) is 121 cm³/mol. The molecule has 2 amide bonds. The number of hydrogen-bond acceptors (Lipinski definition) is 4. The Morgan fingerprint density at radius 3 is 2.52 bits per heavy atom. The van der Waals surface area contributed by atoms with Crippen molar-refractivity contribution in [2.75, 3.05) is 19.3 Å². The molecular formula is C21H35FN4O2S. The number of amidine groups is 1. The molecule has 164 valence electrons. The highest BCUT2D eigenvalue weighted by Crippen LogP contribution is 2.33. The highest BCUT2D eigenvalue weighted by molar-refractivity contribution is 8.14. The monoisotopic (exact) mass is 426 g/mol. The van der Waals surface area contributed by atoms with Crippen molar-refractivity contribution in [3.8, 4) is 0 Å². The summed E-state index contributed by atoms with van der Waals surface area (Å²) in [5.41, 5.74) is 0. The van der Waals surface area contributed by atoms with Crippen molar-refractivity contribution in [3.63, 3.8) is 0 Å². The SMILES string of the molecule is CCCC=NC(=NC)C1CCC(C(F)CNC(=O)N=C(C)SCC(=O)CC)CC1. The van der Waals surface area contributed by atoms with Crippen LogP contribution in [0, 0.1) is 11.8 Å². The van der Waals surface area contributed by atoms with E-state index in [0.717, 1.165) is 44.4 Å². The van der Waals surface area contributed by atoms with Crippen molar-refractivity contribution in [2.24, 2.45) is 26.8 Å². The number of ketones is 1. The summed E-state index contributed by atoms with van der Waals surface area (Å²) in [5, 5.41) is 3.05. The van der Waals surface area contributed by atoms with E-state index in [0.29, 0.717) is 23.1 Å². The zero-order chi connectivity index (χ0) is 21.6. The largest absolute Gasteiger partial charge is 0.341 e. The fraction of sp³-hybridized carbons (Fsp3) is 0.762. The molecule has 0 saturated heterocycles. The van der Waals surface area contributed by atoms with Gasteiger partial charge in [0.1, 0.15) is 17.8 Å². The zero-order valence-electron chi connectivity index (χ0n) is 18.1. The van der Waals surface area contributed by atoms with Gasteiger partial charge in [-0.25, -0.2) is 14.2 Å². The molecule has 1 atom stereocenters. The Hall–Kier alpha value is -1.57. The minimum atomic E-state index is -1.09. The molecule has 0 spiro atoms. The Kier molecular flexibility index (Phi) is 12.7. The molecule has 0 heterocycles. The van der Waals surface area contributed by atoms with E-state index >= 15 is 0 Å². The van der Waals surface area contributed by atoms with Crippen LogP contribution in [0.2, 0.25) is 0 Å². The standard InChI is InChI=1S/C21H35FN4O2S/c1-5-7-12-24-20(23-4)17-10-8-16(9-11-17)19(22)13-25-21(28)26-15(3)29-14-18(27)6-2/h12,16-17,19H,5-11,13-14H2,1-4H3,(H,25,28). The summed E-state index contributed by atoms with van der Waals surface area (Å²) in [5.74, 6) is 1.51. The number of unbranched alkanes of at least 4 members (excludes halogenated alkanes) is 1. The van der Waals surface area contributed by atoms with Crippen LogP contribution in [-0.4, -0.2) is 54.4 Å². The number of carbonyl (C=O) groups excluding carboxylic acids is 2. The number of nitrogens with zero attached hydrogens (tertiary/aromatic N) is 3. The van der Waals surface area contributed by atoms with E-state index in [1.54, 1.807) is 20.9 Å². The molecule has 1 rings (SSSR count). The van der Waals surface area contributed by atoms with Gasteiger partial charge in [-0.2, -0.15) is 4.99 Å². The molecule has 1 N–H and O–H groups in total. The van der Waals surface area contributed by atoms with Gasteiger partial charge in [0.2, 0.25) is 0 Å². The molecule has 8 heteroatoms. The van der Waals surface area contributed by atoms with Crippen LogP contribution in [0.15, 0.2) is 15.0 Å². The highest BCUT2D eigenvalue weighted by atomic mass is 32.2. The molecule has 1 saturated carbocycles. The van der Waals surface area contributed by atoms with Crippen LogP contribution >= 0.6 is 11.8 Å². The number of amides is 2. The molecule has 0 aromatic heterocycles. The molecule has 0 bridgehead atoms. The quantitative estimate of drug-likeness (QED) is 0.422. The van der Waals surface area contributed by atoms with Gasteiger partial charge in [-0.1, -0.05) is 20.3 Å². The topological polar surface area (TPSA) is 83.2 Å². The van der Waals surface area contributed by atoms with Crippen molar-refractivity contribution in [2.45, 2.75) is 71.9 Å². The number of thioether (sulfide) groups is 1. The van der Waals surface area contributed by atoms with E-state index < -0.39 is 12.2 Å². The fourth-order valence-corrected chi connectivity index (χ4v) is 3.95. The smallest absolute Gasteiger partial charge is 0.333 e. The predicted octanol–water partition coefficient (Wildman–Crippen LogP) is 4.87. The number of Topliss-reactive ketones (excluding diaryl/α,β-unsaturated/α-hetero) is 1. The van der Waals surface area contributed by atoms with Crippen LogP contribution in [0.3, 0.4) is 0 Å². The molecule has 0 aromatic rings. The lowest BCUT2D eigenvalue weighted by Crippen LogP contribution is -2.35. The van der Waals surface area contributed by atoms with Gasteiger partial charge < -0.3 is 5.32 Å². The van der Waals surface area contributed by atoms with Gasteiger partial charge in [0.25, 0.3) is 0 Å². The third-order valence-corrected chi connectivity index (χ3v) is 6.04. The van der Waals surface area contributed by atoms with Gasteiger partial charge in [-0.3, -0.25) is 9.79 Å². The molecule has 1 aliphatic rings. The molecular weight excluding hydrogens is 391 g/mol. The first-order valence-corrected chi connectivity index (χ1v) is 11.5. The van der Waals surface area contributed by atoms with E-state index in [2.05, 4.69) is 27.2 Å². The van der Waals surface area contributed by atoms with Gasteiger partial charge in [-0.05, 0) is 44.9 Å². The third kappa shape index (κ3) is 10.1. The summed E-state index contributed by atoms with van der Waals surface area (Å²) in [4.78, 5) is 35.8. The lowest BCUT2D eigenvalue weighted by atomic mass is 9.79. The number of halogens is 1. The molecule has 1 fully saturated rings. The lowest BCUT2D eigenvalue weighted by molar-refractivity contribution is -0.116. The minimum absolute atomic E-state index is 0.0348. The highest BCUT2D eigenvalue weighted by Gasteiger charge is 2.29. The number of rotatable bonds is 9. The Morgan fingerprint density at radius 1 is 1.24 bits per heavy atom. The average Bonchev–Trinajstić information content (AvgIpc) is 2.73. The number of nitrogens with one attached hydrogen (secondary N) is 1. The van der Waals surface area contributed by atoms with E-state index in [4.69, 9.17) is 0 Å². The van der Waals surface area contributed by atoms with E-state index in [1.807, 2.05) is 6.21 Å². The molecule has 1 unspecified atom stereocenters. The van der Waals surface area contributed by atoms with Gasteiger partial charge >= 0.3 is 6.03 Å². The van der Waals surface area contributed by atoms with Gasteiger partial charge in [0.15, 0.2) is 0 Å². The fourth-order valence-electron chi connectivity index (χ4n) is 3.23. The Bertz CT molecular complexity index is 614. The maximum Gasteiger partial charge on any atom is 0.341 e. The summed E-state index contributed by atoms with van der Waals surface area (Å²) in [6.45, 7) is 5.55. The third-order valence-electron chi connectivity index (χ3n) is 5.06.